The lowest BCUT2D eigenvalue weighted by Gasteiger charge is -2.22. The van der Waals surface area contributed by atoms with Crippen molar-refractivity contribution < 1.29 is 14.6 Å². The molecule has 5 heteroatoms. The highest BCUT2D eigenvalue weighted by Crippen LogP contribution is 2.29. The maximum absolute atomic E-state index is 12.0. The summed E-state index contributed by atoms with van der Waals surface area (Å²) in [5.74, 6) is 0.731. The van der Waals surface area contributed by atoms with Crippen molar-refractivity contribution in [2.24, 2.45) is 0 Å². The molecule has 1 aliphatic carbocycles. The summed E-state index contributed by atoms with van der Waals surface area (Å²) < 4.78 is 5.07. The summed E-state index contributed by atoms with van der Waals surface area (Å²) in [4.78, 5) is 12.0. The van der Waals surface area contributed by atoms with E-state index < -0.39 is 5.60 Å². The van der Waals surface area contributed by atoms with Gasteiger partial charge in [0.1, 0.15) is 5.75 Å². The Labute approximate surface area is 135 Å². The van der Waals surface area contributed by atoms with Crippen LogP contribution in [0.2, 0.25) is 0 Å². The molecule has 0 atom stereocenters. The lowest BCUT2D eigenvalue weighted by Crippen LogP contribution is -2.45. The summed E-state index contributed by atoms with van der Waals surface area (Å²) in [6.45, 7) is 0.212. The van der Waals surface area contributed by atoms with Crippen LogP contribution in [0.5, 0.6) is 5.75 Å². The Balaban J connectivity index is 1.53. The Morgan fingerprint density at radius 1 is 1.13 bits per heavy atom. The third kappa shape index (κ3) is 3.63. The van der Waals surface area contributed by atoms with Crippen LogP contribution in [0.25, 0.3) is 0 Å². The van der Waals surface area contributed by atoms with Crippen LogP contribution in [0.3, 0.4) is 0 Å². The summed E-state index contributed by atoms with van der Waals surface area (Å²) in [5.41, 5.74) is 2.05. The minimum atomic E-state index is -0.916. The molecule has 3 rings (SSSR count). The summed E-state index contributed by atoms with van der Waals surface area (Å²) in [6, 6.07) is 14.7. The van der Waals surface area contributed by atoms with Gasteiger partial charge in [-0.05, 0) is 35.4 Å². The molecule has 0 saturated carbocycles. The van der Waals surface area contributed by atoms with Gasteiger partial charge in [-0.15, -0.1) is 0 Å². The Bertz CT molecular complexity index is 673. The molecule has 0 unspecified atom stereocenters. The van der Waals surface area contributed by atoms with Gasteiger partial charge in [-0.2, -0.15) is 0 Å². The van der Waals surface area contributed by atoms with E-state index in [-0.39, 0.29) is 12.6 Å². The zero-order valence-electron chi connectivity index (χ0n) is 13.0. The monoisotopic (exact) mass is 312 g/mol. The van der Waals surface area contributed by atoms with Crippen molar-refractivity contribution in [1.82, 2.24) is 5.32 Å². The molecule has 2 aromatic carbocycles. The van der Waals surface area contributed by atoms with E-state index in [0.29, 0.717) is 18.5 Å². The van der Waals surface area contributed by atoms with Crippen molar-refractivity contribution in [1.29, 1.82) is 0 Å². The molecule has 0 bridgehead atoms. The van der Waals surface area contributed by atoms with Crippen LogP contribution in [0.4, 0.5) is 10.5 Å². The molecule has 0 radical (unpaired) electrons. The summed E-state index contributed by atoms with van der Waals surface area (Å²) in [6.07, 6.45) is 1.12. The van der Waals surface area contributed by atoms with Gasteiger partial charge in [-0.1, -0.05) is 24.3 Å². The Morgan fingerprint density at radius 2 is 1.74 bits per heavy atom. The van der Waals surface area contributed by atoms with E-state index in [1.54, 1.807) is 31.4 Å². The second-order valence-corrected chi connectivity index (χ2v) is 5.88. The van der Waals surface area contributed by atoms with Crippen molar-refractivity contribution in [2.75, 3.05) is 19.0 Å². The van der Waals surface area contributed by atoms with E-state index in [4.69, 9.17) is 4.74 Å². The van der Waals surface area contributed by atoms with E-state index in [9.17, 15) is 9.90 Å². The predicted octanol–water partition coefficient (Wildman–Crippen LogP) is 2.35. The number of hydrogen-bond acceptors (Lipinski definition) is 3. The van der Waals surface area contributed by atoms with Gasteiger partial charge in [0.05, 0.1) is 12.7 Å². The number of anilines is 1. The Kier molecular flexibility index (Phi) is 4.21. The molecule has 120 valence electrons. The van der Waals surface area contributed by atoms with Gasteiger partial charge in [-0.3, -0.25) is 0 Å². The molecule has 3 N–H and O–H groups in total. The molecule has 1 aliphatic rings. The van der Waals surface area contributed by atoms with Crippen LogP contribution in [0.15, 0.2) is 48.5 Å². The van der Waals surface area contributed by atoms with Crippen LogP contribution in [-0.4, -0.2) is 30.4 Å². The van der Waals surface area contributed by atoms with Gasteiger partial charge in [0.15, 0.2) is 0 Å². The molecule has 23 heavy (non-hydrogen) atoms. The highest BCUT2D eigenvalue weighted by atomic mass is 16.5. The third-order valence-electron chi connectivity index (χ3n) is 4.08. The van der Waals surface area contributed by atoms with E-state index in [2.05, 4.69) is 10.6 Å². The number of urea groups is 1. The van der Waals surface area contributed by atoms with Gasteiger partial charge < -0.3 is 20.5 Å². The maximum Gasteiger partial charge on any atom is 0.319 e. The second-order valence-electron chi connectivity index (χ2n) is 5.88. The minimum absolute atomic E-state index is 0.212. The van der Waals surface area contributed by atoms with Gasteiger partial charge in [0, 0.05) is 25.1 Å². The molecule has 0 fully saturated rings. The number of amides is 2. The Hall–Kier alpha value is -2.53. The standard InChI is InChI=1S/C18H20N2O3/c1-23-16-8-6-15(7-9-16)20-17(21)19-12-18(22)10-13-4-2-3-5-14(13)11-18/h2-9,22H,10-12H2,1H3,(H2,19,20,21). The summed E-state index contributed by atoms with van der Waals surface area (Å²) in [5, 5.41) is 16.1. The predicted molar refractivity (Wildman–Crippen MR) is 88.8 cm³/mol. The average Bonchev–Trinajstić information content (AvgIpc) is 2.90. The third-order valence-corrected chi connectivity index (χ3v) is 4.08. The molecule has 0 aromatic heterocycles. The SMILES string of the molecule is COc1ccc(NC(=O)NCC2(O)Cc3ccccc3C2)cc1. The zero-order chi connectivity index (χ0) is 16.3. The number of hydrogen-bond donors (Lipinski definition) is 3. The number of rotatable bonds is 4. The van der Waals surface area contributed by atoms with Crippen molar-refractivity contribution in [3.63, 3.8) is 0 Å². The fourth-order valence-corrected chi connectivity index (χ4v) is 2.89. The normalized spacial score (nSPS) is 14.9. The van der Waals surface area contributed by atoms with Crippen molar-refractivity contribution >= 4 is 11.7 Å². The quantitative estimate of drug-likeness (QED) is 0.811. The van der Waals surface area contributed by atoms with E-state index in [0.717, 1.165) is 16.9 Å². The molecular weight excluding hydrogens is 292 g/mol. The Morgan fingerprint density at radius 3 is 2.30 bits per heavy atom. The topological polar surface area (TPSA) is 70.6 Å². The highest BCUT2D eigenvalue weighted by molar-refractivity contribution is 5.89. The first-order valence-electron chi connectivity index (χ1n) is 7.56. The van der Waals surface area contributed by atoms with Crippen LogP contribution < -0.4 is 15.4 Å². The number of fused-ring (bicyclic) bond motifs is 1. The number of carbonyl (C=O) groups excluding carboxylic acids is 1. The molecule has 0 spiro atoms. The molecule has 0 aliphatic heterocycles. The maximum atomic E-state index is 12.0. The molecule has 2 aromatic rings. The van der Waals surface area contributed by atoms with Crippen LogP contribution in [0, 0.1) is 0 Å². The van der Waals surface area contributed by atoms with E-state index in [1.807, 2.05) is 24.3 Å². The number of aliphatic hydroxyl groups is 1. The lowest BCUT2D eigenvalue weighted by molar-refractivity contribution is 0.0541. The summed E-state index contributed by atoms with van der Waals surface area (Å²) >= 11 is 0. The summed E-state index contributed by atoms with van der Waals surface area (Å²) in [7, 11) is 1.59. The first kappa shape index (κ1) is 15.4. The molecule has 0 heterocycles. The second kappa shape index (κ2) is 6.30. The van der Waals surface area contributed by atoms with Crippen LogP contribution in [-0.2, 0) is 12.8 Å². The molecule has 0 saturated heterocycles. The highest BCUT2D eigenvalue weighted by Gasteiger charge is 2.35. The van der Waals surface area contributed by atoms with Crippen molar-refractivity contribution in [3.05, 3.63) is 59.7 Å². The van der Waals surface area contributed by atoms with Crippen LogP contribution in [0.1, 0.15) is 11.1 Å². The smallest absolute Gasteiger partial charge is 0.319 e. The molecule has 2 amide bonds. The van der Waals surface area contributed by atoms with Gasteiger partial charge in [-0.25, -0.2) is 4.79 Å². The minimum Gasteiger partial charge on any atom is -0.497 e. The van der Waals surface area contributed by atoms with Crippen molar-refractivity contribution in [2.45, 2.75) is 18.4 Å². The first-order valence-corrected chi connectivity index (χ1v) is 7.56. The first-order chi connectivity index (χ1) is 11.1. The molecule has 5 nitrogen and oxygen atoms in total. The number of carbonyl (C=O) groups is 1. The fraction of sp³-hybridized carbons (Fsp3) is 0.278. The van der Waals surface area contributed by atoms with Crippen molar-refractivity contribution in [3.8, 4) is 5.75 Å². The lowest BCUT2D eigenvalue weighted by atomic mass is 10.0. The number of benzene rings is 2. The van der Waals surface area contributed by atoms with Gasteiger partial charge >= 0.3 is 6.03 Å². The number of nitrogens with one attached hydrogen (secondary N) is 2. The molecular formula is C18H20N2O3. The van der Waals surface area contributed by atoms with E-state index >= 15 is 0 Å². The van der Waals surface area contributed by atoms with Crippen LogP contribution >= 0.6 is 0 Å². The zero-order valence-corrected chi connectivity index (χ0v) is 13.0. The van der Waals surface area contributed by atoms with Gasteiger partial charge in [0.25, 0.3) is 0 Å². The fourth-order valence-electron chi connectivity index (χ4n) is 2.89. The number of ether oxygens (including phenoxy) is 1. The van der Waals surface area contributed by atoms with E-state index in [1.165, 1.54) is 0 Å². The largest absolute Gasteiger partial charge is 0.497 e. The number of methoxy groups -OCH3 is 1. The average molecular weight is 312 g/mol. The van der Waals surface area contributed by atoms with Gasteiger partial charge in [0.2, 0.25) is 0 Å².